The van der Waals surface area contributed by atoms with Crippen LogP contribution < -0.4 is 9.64 Å². The summed E-state index contributed by atoms with van der Waals surface area (Å²) < 4.78 is 5.22. The van der Waals surface area contributed by atoms with E-state index >= 15 is 0 Å². The van der Waals surface area contributed by atoms with Crippen molar-refractivity contribution in [2.75, 3.05) is 25.1 Å². The lowest BCUT2D eigenvalue weighted by Gasteiger charge is -2.39. The number of halogens is 1. The van der Waals surface area contributed by atoms with Crippen LogP contribution in [0, 0.1) is 0 Å². The molecule has 0 bridgehead atoms. The number of piperazine rings is 1. The fourth-order valence-corrected chi connectivity index (χ4v) is 3.16. The van der Waals surface area contributed by atoms with Crippen LogP contribution in [0.5, 0.6) is 5.75 Å². The molecule has 130 valence electrons. The zero-order chi connectivity index (χ0) is 18.0. The lowest BCUT2D eigenvalue weighted by atomic mass is 10.1. The molecular weight excluding hydrogens is 340 g/mol. The van der Waals surface area contributed by atoms with E-state index in [9.17, 15) is 9.59 Å². The van der Waals surface area contributed by atoms with E-state index in [1.54, 1.807) is 48.1 Å². The Morgan fingerprint density at radius 2 is 1.92 bits per heavy atom. The minimum atomic E-state index is -0.550. The maximum absolute atomic E-state index is 12.8. The number of carbonyl (C=O) groups excluding carboxylic acids is 2. The van der Waals surface area contributed by atoms with Gasteiger partial charge in [0.05, 0.1) is 7.11 Å². The molecule has 2 aromatic carbocycles. The molecule has 2 amide bonds. The summed E-state index contributed by atoms with van der Waals surface area (Å²) in [7, 11) is 1.59. The van der Waals surface area contributed by atoms with Crippen LogP contribution in [0.25, 0.3) is 0 Å². The average molecular weight is 359 g/mol. The van der Waals surface area contributed by atoms with Gasteiger partial charge in [-0.05, 0) is 37.3 Å². The lowest BCUT2D eigenvalue weighted by Crippen LogP contribution is -2.57. The van der Waals surface area contributed by atoms with Gasteiger partial charge in [0.1, 0.15) is 11.8 Å². The molecule has 0 radical (unpaired) electrons. The van der Waals surface area contributed by atoms with Gasteiger partial charge in [-0.25, -0.2) is 0 Å². The van der Waals surface area contributed by atoms with E-state index in [2.05, 4.69) is 0 Å². The van der Waals surface area contributed by atoms with Crippen LogP contribution in [0.4, 0.5) is 5.69 Å². The molecule has 1 atom stereocenters. The number of hydrogen-bond acceptors (Lipinski definition) is 3. The van der Waals surface area contributed by atoms with Gasteiger partial charge in [0, 0.05) is 35.4 Å². The first kappa shape index (κ1) is 17.3. The van der Waals surface area contributed by atoms with E-state index in [4.69, 9.17) is 16.3 Å². The van der Waals surface area contributed by atoms with Crippen molar-refractivity contribution >= 4 is 29.1 Å². The van der Waals surface area contributed by atoms with Crippen molar-refractivity contribution in [2.45, 2.75) is 13.0 Å². The Morgan fingerprint density at radius 3 is 2.64 bits per heavy atom. The van der Waals surface area contributed by atoms with Gasteiger partial charge in [0.25, 0.3) is 5.91 Å². The Labute approximate surface area is 151 Å². The Hall–Kier alpha value is -2.53. The molecule has 0 aliphatic carbocycles. The van der Waals surface area contributed by atoms with Crippen LogP contribution in [0.2, 0.25) is 5.02 Å². The number of benzene rings is 2. The maximum Gasteiger partial charge on any atom is 0.254 e. The van der Waals surface area contributed by atoms with Crippen LogP contribution in [0.15, 0.2) is 48.5 Å². The number of carbonyl (C=O) groups is 2. The molecule has 0 spiro atoms. The number of amides is 2. The van der Waals surface area contributed by atoms with E-state index in [1.165, 1.54) is 0 Å². The second-order valence-corrected chi connectivity index (χ2v) is 6.31. The summed E-state index contributed by atoms with van der Waals surface area (Å²) in [6, 6.07) is 13.6. The van der Waals surface area contributed by atoms with Crippen molar-refractivity contribution in [2.24, 2.45) is 0 Å². The van der Waals surface area contributed by atoms with Gasteiger partial charge in [-0.1, -0.05) is 23.7 Å². The summed E-state index contributed by atoms with van der Waals surface area (Å²) in [6.07, 6.45) is 0. The highest BCUT2D eigenvalue weighted by molar-refractivity contribution is 6.31. The van der Waals surface area contributed by atoms with E-state index in [1.807, 2.05) is 24.3 Å². The van der Waals surface area contributed by atoms with Crippen LogP contribution >= 0.6 is 11.6 Å². The fraction of sp³-hybridized carbons (Fsp3) is 0.263. The SMILES string of the molecule is COc1cccc(N2CCN(C(=O)c3cccc(Cl)c3)[C@@H](C)C2=O)c1. The zero-order valence-corrected chi connectivity index (χ0v) is 14.9. The molecule has 0 unspecified atom stereocenters. The number of rotatable bonds is 3. The second-order valence-electron chi connectivity index (χ2n) is 5.88. The van der Waals surface area contributed by atoms with Gasteiger partial charge in [-0.15, -0.1) is 0 Å². The predicted molar refractivity (Wildman–Crippen MR) is 97.3 cm³/mol. The Kier molecular flexibility index (Phi) is 4.95. The molecule has 0 N–H and O–H groups in total. The number of anilines is 1. The molecule has 1 fully saturated rings. The number of hydrogen-bond donors (Lipinski definition) is 0. The molecule has 1 heterocycles. The molecule has 6 heteroatoms. The highest BCUT2D eigenvalue weighted by Gasteiger charge is 2.35. The second kappa shape index (κ2) is 7.15. The quantitative estimate of drug-likeness (QED) is 0.846. The molecule has 1 aliphatic rings. The third-order valence-electron chi connectivity index (χ3n) is 4.35. The topological polar surface area (TPSA) is 49.9 Å². The first-order valence-corrected chi connectivity index (χ1v) is 8.41. The fourth-order valence-electron chi connectivity index (χ4n) is 2.97. The van der Waals surface area contributed by atoms with Crippen molar-refractivity contribution in [3.8, 4) is 5.75 Å². The van der Waals surface area contributed by atoms with Crippen molar-refractivity contribution in [1.82, 2.24) is 4.90 Å². The maximum atomic E-state index is 12.8. The number of methoxy groups -OCH3 is 1. The summed E-state index contributed by atoms with van der Waals surface area (Å²) in [6.45, 7) is 2.63. The molecule has 5 nitrogen and oxygen atoms in total. The molecule has 25 heavy (non-hydrogen) atoms. The van der Waals surface area contributed by atoms with Crippen LogP contribution in [-0.2, 0) is 4.79 Å². The van der Waals surface area contributed by atoms with Crippen molar-refractivity contribution in [1.29, 1.82) is 0 Å². The van der Waals surface area contributed by atoms with E-state index in [0.717, 1.165) is 5.69 Å². The molecule has 0 aromatic heterocycles. The predicted octanol–water partition coefficient (Wildman–Crippen LogP) is 3.23. The molecular formula is C19H19ClN2O3. The average Bonchev–Trinajstić information content (AvgIpc) is 2.63. The van der Waals surface area contributed by atoms with E-state index in [0.29, 0.717) is 29.4 Å². The highest BCUT2D eigenvalue weighted by atomic mass is 35.5. The summed E-state index contributed by atoms with van der Waals surface area (Å²) in [5.41, 5.74) is 1.26. The third kappa shape index (κ3) is 3.46. The minimum absolute atomic E-state index is 0.116. The van der Waals surface area contributed by atoms with Crippen LogP contribution in [-0.4, -0.2) is 43.0 Å². The first-order chi connectivity index (χ1) is 12.0. The number of nitrogens with zero attached hydrogens (tertiary/aromatic N) is 2. The summed E-state index contributed by atoms with van der Waals surface area (Å²) >= 11 is 5.97. The zero-order valence-electron chi connectivity index (χ0n) is 14.1. The van der Waals surface area contributed by atoms with Gasteiger partial charge < -0.3 is 14.5 Å². The highest BCUT2D eigenvalue weighted by Crippen LogP contribution is 2.25. The molecule has 2 aromatic rings. The normalized spacial score (nSPS) is 17.6. The monoisotopic (exact) mass is 358 g/mol. The molecule has 1 aliphatic heterocycles. The van der Waals surface area contributed by atoms with Gasteiger partial charge in [0.15, 0.2) is 0 Å². The van der Waals surface area contributed by atoms with E-state index in [-0.39, 0.29) is 11.8 Å². The van der Waals surface area contributed by atoms with Crippen LogP contribution in [0.3, 0.4) is 0 Å². The summed E-state index contributed by atoms with van der Waals surface area (Å²) in [5, 5.41) is 0.500. The van der Waals surface area contributed by atoms with Gasteiger partial charge >= 0.3 is 0 Å². The standard InChI is InChI=1S/C19H19ClN2O3/c1-13-18(23)22(16-7-4-8-17(12-16)25-2)10-9-21(13)19(24)14-5-3-6-15(20)11-14/h3-8,11-13H,9-10H2,1-2H3/t13-/m0/s1. The molecule has 0 saturated carbocycles. The smallest absolute Gasteiger partial charge is 0.254 e. The van der Waals surface area contributed by atoms with E-state index < -0.39 is 6.04 Å². The van der Waals surface area contributed by atoms with Gasteiger partial charge in [-0.3, -0.25) is 9.59 Å². The Morgan fingerprint density at radius 1 is 1.16 bits per heavy atom. The van der Waals surface area contributed by atoms with Crippen LogP contribution in [0.1, 0.15) is 17.3 Å². The van der Waals surface area contributed by atoms with Crippen molar-refractivity contribution in [3.63, 3.8) is 0 Å². The summed E-state index contributed by atoms with van der Waals surface area (Å²) in [5.74, 6) is 0.388. The summed E-state index contributed by atoms with van der Waals surface area (Å²) in [4.78, 5) is 28.8. The first-order valence-electron chi connectivity index (χ1n) is 8.03. The Bertz CT molecular complexity index is 809. The molecule has 1 saturated heterocycles. The Balaban J connectivity index is 1.80. The lowest BCUT2D eigenvalue weighted by molar-refractivity contribution is -0.124. The van der Waals surface area contributed by atoms with Crippen molar-refractivity contribution in [3.05, 3.63) is 59.1 Å². The van der Waals surface area contributed by atoms with Crippen molar-refractivity contribution < 1.29 is 14.3 Å². The molecule has 3 rings (SSSR count). The van der Waals surface area contributed by atoms with Gasteiger partial charge in [0.2, 0.25) is 5.91 Å². The third-order valence-corrected chi connectivity index (χ3v) is 4.59. The van der Waals surface area contributed by atoms with Gasteiger partial charge in [-0.2, -0.15) is 0 Å². The minimum Gasteiger partial charge on any atom is -0.497 e. The number of ether oxygens (including phenoxy) is 1. The largest absolute Gasteiger partial charge is 0.497 e.